The van der Waals surface area contributed by atoms with Crippen LogP contribution in [0.2, 0.25) is 0 Å². The Morgan fingerprint density at radius 2 is 1.81 bits per heavy atom. The summed E-state index contributed by atoms with van der Waals surface area (Å²) < 4.78 is 11.2. The zero-order valence-corrected chi connectivity index (χ0v) is 13.4. The molecule has 0 aliphatic carbocycles. The molecular formula is C16H24N2O3. The molecule has 0 radical (unpaired) electrons. The highest BCUT2D eigenvalue weighted by atomic mass is 16.5. The molecule has 0 atom stereocenters. The number of nitrogens with zero attached hydrogens (tertiary/aromatic N) is 1. The Balaban J connectivity index is 2.27. The minimum atomic E-state index is -0.366. The number of carbonyl (C=O) groups excluding carboxylic acids is 1. The summed E-state index contributed by atoms with van der Waals surface area (Å²) in [6.45, 7) is 9.11. The topological polar surface area (TPSA) is 64.8 Å². The van der Waals surface area contributed by atoms with Gasteiger partial charge in [-0.05, 0) is 45.9 Å². The number of rotatable bonds is 2. The number of anilines is 1. The molecule has 0 saturated carbocycles. The smallest absolute Gasteiger partial charge is 0.254 e. The molecule has 0 spiro atoms. The van der Waals surface area contributed by atoms with Crippen LogP contribution in [0.3, 0.4) is 0 Å². The van der Waals surface area contributed by atoms with E-state index in [1.54, 1.807) is 25.3 Å². The van der Waals surface area contributed by atoms with Crippen molar-refractivity contribution in [2.45, 2.75) is 38.9 Å². The van der Waals surface area contributed by atoms with Gasteiger partial charge >= 0.3 is 0 Å². The molecule has 21 heavy (non-hydrogen) atoms. The molecule has 1 aliphatic heterocycles. The van der Waals surface area contributed by atoms with Gasteiger partial charge in [-0.3, -0.25) is 4.79 Å². The van der Waals surface area contributed by atoms with Gasteiger partial charge in [0.2, 0.25) is 0 Å². The summed E-state index contributed by atoms with van der Waals surface area (Å²) in [6.07, 6.45) is 0. The molecule has 5 heteroatoms. The maximum absolute atomic E-state index is 12.7. The SMILES string of the molecule is COc1cc(C(=O)N2CC(C)(C)OC(C)(C)C2)ccc1N. The van der Waals surface area contributed by atoms with E-state index in [0.29, 0.717) is 30.1 Å². The number of amides is 1. The largest absolute Gasteiger partial charge is 0.495 e. The van der Waals surface area contributed by atoms with E-state index in [1.807, 2.05) is 32.6 Å². The third-order valence-electron chi connectivity index (χ3n) is 3.46. The highest BCUT2D eigenvalue weighted by molar-refractivity contribution is 5.95. The molecule has 1 fully saturated rings. The quantitative estimate of drug-likeness (QED) is 0.850. The van der Waals surface area contributed by atoms with Crippen molar-refractivity contribution in [2.24, 2.45) is 0 Å². The predicted molar refractivity (Wildman–Crippen MR) is 82.6 cm³/mol. The van der Waals surface area contributed by atoms with E-state index in [1.165, 1.54) is 0 Å². The molecule has 1 aromatic rings. The van der Waals surface area contributed by atoms with Crippen molar-refractivity contribution in [2.75, 3.05) is 25.9 Å². The number of methoxy groups -OCH3 is 1. The summed E-state index contributed by atoms with van der Waals surface area (Å²) in [5.41, 5.74) is 6.17. The number of ether oxygens (including phenoxy) is 2. The van der Waals surface area contributed by atoms with Crippen LogP contribution in [0.25, 0.3) is 0 Å². The summed E-state index contributed by atoms with van der Waals surface area (Å²) in [7, 11) is 1.54. The molecule has 0 aromatic heterocycles. The van der Waals surface area contributed by atoms with Gasteiger partial charge in [0.1, 0.15) is 5.75 Å². The van der Waals surface area contributed by atoms with Crippen LogP contribution < -0.4 is 10.5 Å². The second-order valence-corrected chi connectivity index (χ2v) is 6.74. The molecule has 0 unspecified atom stereocenters. The predicted octanol–water partition coefficient (Wildman–Crippen LogP) is 2.31. The van der Waals surface area contributed by atoms with E-state index in [2.05, 4.69) is 0 Å². The second kappa shape index (κ2) is 5.22. The highest BCUT2D eigenvalue weighted by Crippen LogP contribution is 2.30. The monoisotopic (exact) mass is 292 g/mol. The van der Waals surface area contributed by atoms with Crippen molar-refractivity contribution in [3.63, 3.8) is 0 Å². The number of benzene rings is 1. The first kappa shape index (κ1) is 15.6. The minimum absolute atomic E-state index is 0.0299. The van der Waals surface area contributed by atoms with Crippen molar-refractivity contribution in [1.82, 2.24) is 4.90 Å². The van der Waals surface area contributed by atoms with Gasteiger partial charge < -0.3 is 20.1 Å². The maximum atomic E-state index is 12.7. The number of hydrogen-bond acceptors (Lipinski definition) is 4. The Labute approximate surface area is 126 Å². The summed E-state index contributed by atoms with van der Waals surface area (Å²) in [5, 5.41) is 0. The van der Waals surface area contributed by atoms with Crippen LogP contribution >= 0.6 is 0 Å². The summed E-state index contributed by atoms with van der Waals surface area (Å²) >= 11 is 0. The molecule has 1 heterocycles. The van der Waals surface area contributed by atoms with Crippen molar-refractivity contribution in [3.8, 4) is 5.75 Å². The van der Waals surface area contributed by atoms with Crippen LogP contribution in [0.1, 0.15) is 38.1 Å². The van der Waals surface area contributed by atoms with Gasteiger partial charge in [0.05, 0.1) is 24.0 Å². The molecule has 116 valence electrons. The molecule has 2 N–H and O–H groups in total. The van der Waals surface area contributed by atoms with E-state index in [4.69, 9.17) is 15.2 Å². The Hall–Kier alpha value is -1.75. The highest BCUT2D eigenvalue weighted by Gasteiger charge is 2.40. The Morgan fingerprint density at radius 1 is 1.24 bits per heavy atom. The minimum Gasteiger partial charge on any atom is -0.495 e. The van der Waals surface area contributed by atoms with E-state index < -0.39 is 0 Å². The fourth-order valence-corrected chi connectivity index (χ4v) is 2.96. The van der Waals surface area contributed by atoms with Gasteiger partial charge in [-0.1, -0.05) is 0 Å². The van der Waals surface area contributed by atoms with Crippen LogP contribution in [0.5, 0.6) is 5.75 Å². The number of morpholine rings is 1. The summed E-state index contributed by atoms with van der Waals surface area (Å²) in [4.78, 5) is 14.6. The summed E-state index contributed by atoms with van der Waals surface area (Å²) in [6, 6.07) is 5.12. The number of hydrogen-bond donors (Lipinski definition) is 1. The zero-order chi connectivity index (χ0) is 15.8. The molecular weight excluding hydrogens is 268 g/mol. The van der Waals surface area contributed by atoms with Gasteiger partial charge in [0.25, 0.3) is 5.91 Å². The van der Waals surface area contributed by atoms with E-state index in [0.717, 1.165) is 0 Å². The fourth-order valence-electron chi connectivity index (χ4n) is 2.96. The third kappa shape index (κ3) is 3.47. The molecule has 1 amide bonds. The molecule has 1 aliphatic rings. The second-order valence-electron chi connectivity index (χ2n) is 6.74. The number of nitrogen functional groups attached to an aromatic ring is 1. The fraction of sp³-hybridized carbons (Fsp3) is 0.562. The van der Waals surface area contributed by atoms with Gasteiger partial charge in [0, 0.05) is 18.7 Å². The van der Waals surface area contributed by atoms with Gasteiger partial charge in [-0.15, -0.1) is 0 Å². The first-order valence-corrected chi connectivity index (χ1v) is 7.06. The molecule has 5 nitrogen and oxygen atoms in total. The van der Waals surface area contributed by atoms with Crippen molar-refractivity contribution < 1.29 is 14.3 Å². The maximum Gasteiger partial charge on any atom is 0.254 e. The van der Waals surface area contributed by atoms with Crippen LogP contribution in [0.4, 0.5) is 5.69 Å². The van der Waals surface area contributed by atoms with Gasteiger partial charge in [0.15, 0.2) is 0 Å². The Bertz CT molecular complexity index is 536. The lowest BCUT2D eigenvalue weighted by atomic mass is 9.98. The number of carbonyl (C=O) groups is 1. The molecule has 0 bridgehead atoms. The lowest BCUT2D eigenvalue weighted by molar-refractivity contribution is -0.171. The van der Waals surface area contributed by atoms with Crippen molar-refractivity contribution in [1.29, 1.82) is 0 Å². The van der Waals surface area contributed by atoms with Crippen LogP contribution in [0, 0.1) is 0 Å². The first-order valence-electron chi connectivity index (χ1n) is 7.06. The number of nitrogens with two attached hydrogens (primary N) is 1. The molecule has 2 rings (SSSR count). The van der Waals surface area contributed by atoms with E-state index in [9.17, 15) is 4.79 Å². The van der Waals surface area contributed by atoms with Crippen molar-refractivity contribution in [3.05, 3.63) is 23.8 Å². The zero-order valence-electron chi connectivity index (χ0n) is 13.4. The average Bonchev–Trinajstić information content (AvgIpc) is 2.35. The Morgan fingerprint density at radius 3 is 2.33 bits per heavy atom. The Kier molecular flexibility index (Phi) is 3.89. The molecule has 1 saturated heterocycles. The molecule has 1 aromatic carbocycles. The van der Waals surface area contributed by atoms with E-state index >= 15 is 0 Å². The van der Waals surface area contributed by atoms with Crippen molar-refractivity contribution >= 4 is 11.6 Å². The standard InChI is InChI=1S/C16H24N2O3/c1-15(2)9-18(10-16(3,4)21-15)14(19)11-6-7-12(17)13(8-11)20-5/h6-8H,9-10,17H2,1-5H3. The van der Waals surface area contributed by atoms with Crippen LogP contribution in [-0.2, 0) is 4.74 Å². The van der Waals surface area contributed by atoms with Gasteiger partial charge in [-0.2, -0.15) is 0 Å². The van der Waals surface area contributed by atoms with E-state index in [-0.39, 0.29) is 17.1 Å². The third-order valence-corrected chi connectivity index (χ3v) is 3.46. The van der Waals surface area contributed by atoms with Gasteiger partial charge in [-0.25, -0.2) is 0 Å². The normalized spacial score (nSPS) is 20.1. The van der Waals surface area contributed by atoms with Crippen LogP contribution in [0.15, 0.2) is 18.2 Å². The lowest BCUT2D eigenvalue weighted by Gasteiger charge is -2.47. The lowest BCUT2D eigenvalue weighted by Crippen LogP contribution is -2.58. The first-order chi connectivity index (χ1) is 9.63. The summed E-state index contributed by atoms with van der Waals surface area (Å²) in [5.74, 6) is 0.491. The average molecular weight is 292 g/mol. The van der Waals surface area contributed by atoms with Crippen LogP contribution in [-0.4, -0.2) is 42.2 Å².